The first-order valence-electron chi connectivity index (χ1n) is 9.44. The molecule has 0 aliphatic heterocycles. The van der Waals surface area contributed by atoms with Gasteiger partial charge in [0.1, 0.15) is 5.82 Å². The smallest absolute Gasteiger partial charge is 0.266 e. The van der Waals surface area contributed by atoms with Crippen LogP contribution in [0, 0.1) is 6.92 Å². The Morgan fingerprint density at radius 2 is 1.92 bits per heavy atom. The van der Waals surface area contributed by atoms with Crippen LogP contribution in [0.5, 0.6) is 0 Å². The molecule has 1 atom stereocenters. The molecule has 0 bridgehead atoms. The number of nitrogens with one attached hydrogen (secondary N) is 1. The Balaban J connectivity index is 2.10. The quantitative estimate of drug-likeness (QED) is 0.637. The number of benzene rings is 2. The molecule has 0 spiro atoms. The van der Waals surface area contributed by atoms with E-state index in [1.165, 1.54) is 12.8 Å². The summed E-state index contributed by atoms with van der Waals surface area (Å²) >= 11 is 0. The van der Waals surface area contributed by atoms with Gasteiger partial charge in [-0.05, 0) is 56.6 Å². The van der Waals surface area contributed by atoms with Gasteiger partial charge >= 0.3 is 0 Å². The van der Waals surface area contributed by atoms with Crippen LogP contribution in [0.3, 0.4) is 0 Å². The van der Waals surface area contributed by atoms with E-state index in [1.54, 1.807) is 4.57 Å². The SMILES string of the molecule is CCCCCNC(C)c1nc2ccccc2c(=O)n1-c1cccc(C)c1. The van der Waals surface area contributed by atoms with Crippen LogP contribution >= 0.6 is 0 Å². The molecule has 0 radical (unpaired) electrons. The second-order valence-electron chi connectivity index (χ2n) is 6.85. The Labute approximate surface area is 154 Å². The molecule has 0 amide bonds. The molecule has 136 valence electrons. The zero-order chi connectivity index (χ0) is 18.5. The molecule has 1 aromatic heterocycles. The highest BCUT2D eigenvalue weighted by atomic mass is 16.1. The first-order chi connectivity index (χ1) is 12.6. The molecule has 4 heteroatoms. The Morgan fingerprint density at radius 3 is 2.69 bits per heavy atom. The molecule has 1 heterocycles. The molecule has 3 aromatic rings. The van der Waals surface area contributed by atoms with Crippen molar-refractivity contribution in [3.8, 4) is 5.69 Å². The van der Waals surface area contributed by atoms with E-state index in [0.717, 1.165) is 35.6 Å². The Bertz CT molecular complexity index is 946. The lowest BCUT2D eigenvalue weighted by molar-refractivity contribution is 0.513. The maximum atomic E-state index is 13.2. The van der Waals surface area contributed by atoms with E-state index < -0.39 is 0 Å². The zero-order valence-corrected chi connectivity index (χ0v) is 15.8. The summed E-state index contributed by atoms with van der Waals surface area (Å²) in [5.41, 5.74) is 2.72. The summed E-state index contributed by atoms with van der Waals surface area (Å²) in [6.07, 6.45) is 3.52. The van der Waals surface area contributed by atoms with Crippen LogP contribution in [-0.4, -0.2) is 16.1 Å². The topological polar surface area (TPSA) is 46.9 Å². The molecule has 4 nitrogen and oxygen atoms in total. The van der Waals surface area contributed by atoms with Crippen molar-refractivity contribution in [1.29, 1.82) is 0 Å². The largest absolute Gasteiger partial charge is 0.308 e. The third kappa shape index (κ3) is 3.86. The van der Waals surface area contributed by atoms with Gasteiger partial charge in [0.15, 0.2) is 0 Å². The molecule has 0 fully saturated rings. The standard InChI is InChI=1S/C22H27N3O/c1-4-5-8-14-23-17(3)21-24-20-13-7-6-12-19(20)22(26)25(21)18-11-9-10-16(2)15-18/h6-7,9-13,15,17,23H,4-5,8,14H2,1-3H3. The summed E-state index contributed by atoms with van der Waals surface area (Å²) in [5.74, 6) is 0.760. The Kier molecular flexibility index (Phi) is 5.84. The van der Waals surface area contributed by atoms with Gasteiger partial charge < -0.3 is 5.32 Å². The molecule has 0 aliphatic rings. The van der Waals surface area contributed by atoms with Crippen molar-refractivity contribution < 1.29 is 0 Å². The van der Waals surface area contributed by atoms with Crippen molar-refractivity contribution in [3.63, 3.8) is 0 Å². The molecule has 3 rings (SSSR count). The predicted octanol–water partition coefficient (Wildman–Crippen LogP) is 4.53. The average molecular weight is 349 g/mol. The minimum absolute atomic E-state index is 0.00956. The molecule has 1 N–H and O–H groups in total. The number of unbranched alkanes of at least 4 members (excludes halogenated alkanes) is 2. The van der Waals surface area contributed by atoms with Crippen molar-refractivity contribution >= 4 is 10.9 Å². The van der Waals surface area contributed by atoms with Crippen molar-refractivity contribution in [2.75, 3.05) is 6.54 Å². The lowest BCUT2D eigenvalue weighted by atomic mass is 10.1. The van der Waals surface area contributed by atoms with E-state index in [9.17, 15) is 4.79 Å². The first kappa shape index (κ1) is 18.3. The van der Waals surface area contributed by atoms with E-state index in [-0.39, 0.29) is 11.6 Å². The third-order valence-electron chi connectivity index (χ3n) is 4.68. The Morgan fingerprint density at radius 1 is 1.12 bits per heavy atom. The van der Waals surface area contributed by atoms with Gasteiger partial charge in [-0.3, -0.25) is 9.36 Å². The number of hydrogen-bond acceptors (Lipinski definition) is 3. The Hall–Kier alpha value is -2.46. The van der Waals surface area contributed by atoms with Crippen LogP contribution in [0.1, 0.15) is 50.5 Å². The zero-order valence-electron chi connectivity index (χ0n) is 15.8. The van der Waals surface area contributed by atoms with Crippen LogP contribution in [0.4, 0.5) is 0 Å². The molecule has 0 aliphatic carbocycles. The summed E-state index contributed by atoms with van der Waals surface area (Å²) in [5, 5.41) is 4.18. The molecule has 0 saturated carbocycles. The van der Waals surface area contributed by atoms with E-state index in [1.807, 2.05) is 55.5 Å². The van der Waals surface area contributed by atoms with Crippen molar-refractivity contribution in [3.05, 3.63) is 70.3 Å². The number of aryl methyl sites for hydroxylation is 1. The second kappa shape index (κ2) is 8.28. The fourth-order valence-electron chi connectivity index (χ4n) is 3.24. The van der Waals surface area contributed by atoms with Gasteiger partial charge in [0, 0.05) is 0 Å². The van der Waals surface area contributed by atoms with Crippen LogP contribution in [0.2, 0.25) is 0 Å². The monoisotopic (exact) mass is 349 g/mol. The van der Waals surface area contributed by atoms with Gasteiger partial charge in [-0.15, -0.1) is 0 Å². The van der Waals surface area contributed by atoms with Gasteiger partial charge in [0.25, 0.3) is 5.56 Å². The summed E-state index contributed by atoms with van der Waals surface area (Å²) < 4.78 is 1.76. The molecular formula is C22H27N3O. The minimum atomic E-state index is -0.0154. The fraction of sp³-hybridized carbons (Fsp3) is 0.364. The number of para-hydroxylation sites is 1. The van der Waals surface area contributed by atoms with Gasteiger partial charge in [-0.1, -0.05) is 44.0 Å². The summed E-state index contributed by atoms with van der Waals surface area (Å²) in [4.78, 5) is 18.1. The average Bonchev–Trinajstić information content (AvgIpc) is 2.65. The van der Waals surface area contributed by atoms with E-state index in [4.69, 9.17) is 4.98 Å². The lowest BCUT2D eigenvalue weighted by Gasteiger charge is -2.20. The number of fused-ring (bicyclic) bond motifs is 1. The van der Waals surface area contributed by atoms with Crippen LogP contribution < -0.4 is 10.9 Å². The molecular weight excluding hydrogens is 322 g/mol. The second-order valence-corrected chi connectivity index (χ2v) is 6.85. The van der Waals surface area contributed by atoms with Crippen molar-refractivity contribution in [1.82, 2.24) is 14.9 Å². The van der Waals surface area contributed by atoms with Crippen LogP contribution in [0.15, 0.2) is 53.3 Å². The summed E-state index contributed by atoms with van der Waals surface area (Å²) in [6, 6.07) is 15.6. The molecule has 0 saturated heterocycles. The summed E-state index contributed by atoms with van der Waals surface area (Å²) in [7, 11) is 0. The van der Waals surface area contributed by atoms with Gasteiger partial charge in [0.05, 0.1) is 22.6 Å². The molecule has 2 aromatic carbocycles. The maximum absolute atomic E-state index is 13.2. The van der Waals surface area contributed by atoms with Gasteiger partial charge in [-0.2, -0.15) is 0 Å². The number of rotatable bonds is 7. The fourth-order valence-corrected chi connectivity index (χ4v) is 3.24. The van der Waals surface area contributed by atoms with Crippen molar-refractivity contribution in [2.45, 2.75) is 46.1 Å². The van der Waals surface area contributed by atoms with E-state index in [0.29, 0.717) is 5.39 Å². The summed E-state index contributed by atoms with van der Waals surface area (Å²) in [6.45, 7) is 7.24. The number of aromatic nitrogens is 2. The number of hydrogen-bond donors (Lipinski definition) is 1. The van der Waals surface area contributed by atoms with E-state index >= 15 is 0 Å². The normalized spacial score (nSPS) is 12.4. The highest BCUT2D eigenvalue weighted by molar-refractivity contribution is 5.77. The molecule has 26 heavy (non-hydrogen) atoms. The lowest BCUT2D eigenvalue weighted by Crippen LogP contribution is -2.30. The first-order valence-corrected chi connectivity index (χ1v) is 9.44. The predicted molar refractivity (Wildman–Crippen MR) is 108 cm³/mol. The van der Waals surface area contributed by atoms with Crippen molar-refractivity contribution in [2.24, 2.45) is 0 Å². The van der Waals surface area contributed by atoms with Crippen LogP contribution in [-0.2, 0) is 0 Å². The van der Waals surface area contributed by atoms with E-state index in [2.05, 4.69) is 19.2 Å². The number of nitrogens with zero attached hydrogens (tertiary/aromatic N) is 2. The van der Waals surface area contributed by atoms with Gasteiger partial charge in [-0.25, -0.2) is 4.98 Å². The van der Waals surface area contributed by atoms with Gasteiger partial charge in [0.2, 0.25) is 0 Å². The highest BCUT2D eigenvalue weighted by Gasteiger charge is 2.17. The van der Waals surface area contributed by atoms with Crippen LogP contribution in [0.25, 0.3) is 16.6 Å². The third-order valence-corrected chi connectivity index (χ3v) is 4.68. The highest BCUT2D eigenvalue weighted by Crippen LogP contribution is 2.18. The minimum Gasteiger partial charge on any atom is -0.308 e. The maximum Gasteiger partial charge on any atom is 0.266 e. The molecule has 1 unspecified atom stereocenters.